The molecule has 0 aliphatic heterocycles. The van der Waals surface area contributed by atoms with Crippen molar-refractivity contribution in [2.75, 3.05) is 4.90 Å². The third-order valence-corrected chi connectivity index (χ3v) is 10.7. The summed E-state index contributed by atoms with van der Waals surface area (Å²) >= 11 is 0. The average molecular weight is 552 g/mol. The van der Waals surface area contributed by atoms with Gasteiger partial charge in [0.25, 0.3) is 0 Å². The van der Waals surface area contributed by atoms with E-state index in [1.807, 2.05) is 0 Å². The molecule has 2 spiro atoms. The summed E-state index contributed by atoms with van der Waals surface area (Å²) in [6, 6.07) is 56.4. The Kier molecular flexibility index (Phi) is 5.35. The Morgan fingerprint density at radius 2 is 0.744 bits per heavy atom. The van der Waals surface area contributed by atoms with Crippen LogP contribution in [-0.2, 0) is 10.8 Å². The van der Waals surface area contributed by atoms with Crippen molar-refractivity contribution < 1.29 is 0 Å². The lowest BCUT2D eigenvalue weighted by Crippen LogP contribution is -2.39. The van der Waals surface area contributed by atoms with Crippen LogP contribution in [0.4, 0.5) is 17.1 Å². The molecule has 0 bridgehead atoms. The number of hydrogen-bond donors (Lipinski definition) is 0. The number of fused-ring (bicyclic) bond motifs is 10. The minimum absolute atomic E-state index is 0.0396. The Morgan fingerprint density at radius 3 is 1.28 bits per heavy atom. The highest BCUT2D eigenvalue weighted by atomic mass is 15.1. The van der Waals surface area contributed by atoms with Crippen LogP contribution in [0.5, 0.6) is 0 Å². The number of anilines is 3. The van der Waals surface area contributed by atoms with Gasteiger partial charge >= 0.3 is 0 Å². The first-order chi connectivity index (χ1) is 21.3. The molecule has 0 saturated heterocycles. The molecule has 3 aliphatic carbocycles. The summed E-state index contributed by atoms with van der Waals surface area (Å²) in [4.78, 5) is 2.48. The molecule has 1 nitrogen and oxygen atoms in total. The number of benzene rings is 6. The van der Waals surface area contributed by atoms with Crippen LogP contribution in [0.2, 0.25) is 0 Å². The SMILES string of the molecule is c1ccc(N(c2ccccc2)c2cccc3c2C2(CCC4(CC2)c2ccccc2-c2ccccc24)c2ccccc2-3)cc1. The van der Waals surface area contributed by atoms with Gasteiger partial charge in [-0.25, -0.2) is 0 Å². The minimum atomic E-state index is -0.0396. The van der Waals surface area contributed by atoms with E-state index in [9.17, 15) is 0 Å². The molecule has 1 fully saturated rings. The molecule has 0 radical (unpaired) electrons. The first-order valence-corrected chi connectivity index (χ1v) is 15.6. The van der Waals surface area contributed by atoms with Gasteiger partial charge in [-0.05, 0) is 101 Å². The van der Waals surface area contributed by atoms with E-state index >= 15 is 0 Å². The first kappa shape index (κ1) is 24.7. The van der Waals surface area contributed by atoms with Crippen LogP contribution in [0, 0.1) is 0 Å². The molecule has 0 unspecified atom stereocenters. The number of para-hydroxylation sites is 2. The van der Waals surface area contributed by atoms with Crippen molar-refractivity contribution in [3.63, 3.8) is 0 Å². The smallest absolute Gasteiger partial charge is 0.0508 e. The van der Waals surface area contributed by atoms with Crippen LogP contribution in [0.25, 0.3) is 22.3 Å². The first-order valence-electron chi connectivity index (χ1n) is 15.6. The van der Waals surface area contributed by atoms with Crippen molar-refractivity contribution >= 4 is 17.1 Å². The van der Waals surface area contributed by atoms with E-state index in [-0.39, 0.29) is 10.8 Å². The molecule has 0 atom stereocenters. The van der Waals surface area contributed by atoms with Gasteiger partial charge in [0.05, 0.1) is 5.69 Å². The van der Waals surface area contributed by atoms with E-state index in [1.165, 1.54) is 61.6 Å². The fourth-order valence-electron chi connectivity index (χ4n) is 8.88. The minimum Gasteiger partial charge on any atom is -0.310 e. The summed E-state index contributed by atoms with van der Waals surface area (Å²) in [5, 5.41) is 0. The van der Waals surface area contributed by atoms with Gasteiger partial charge in [-0.1, -0.05) is 121 Å². The molecular formula is C42H33N. The predicted octanol–water partition coefficient (Wildman–Crippen LogP) is 11.0. The predicted molar refractivity (Wildman–Crippen MR) is 178 cm³/mol. The number of hydrogen-bond acceptors (Lipinski definition) is 1. The fourth-order valence-corrected chi connectivity index (χ4v) is 8.88. The lowest BCUT2D eigenvalue weighted by Gasteiger charge is -2.46. The molecule has 6 aromatic rings. The second kappa shape index (κ2) is 9.31. The van der Waals surface area contributed by atoms with E-state index in [0.29, 0.717) is 0 Å². The summed E-state index contributed by atoms with van der Waals surface area (Å²) in [7, 11) is 0. The summed E-state index contributed by atoms with van der Waals surface area (Å²) in [6.07, 6.45) is 4.52. The third-order valence-electron chi connectivity index (χ3n) is 10.7. The lowest BCUT2D eigenvalue weighted by atomic mass is 9.57. The van der Waals surface area contributed by atoms with Crippen LogP contribution in [-0.4, -0.2) is 0 Å². The highest BCUT2D eigenvalue weighted by Gasteiger charge is 2.53. The summed E-state index contributed by atoms with van der Waals surface area (Å²) < 4.78 is 0. The Morgan fingerprint density at radius 1 is 0.349 bits per heavy atom. The van der Waals surface area contributed by atoms with E-state index < -0.39 is 0 Å². The van der Waals surface area contributed by atoms with E-state index in [0.717, 1.165) is 25.7 Å². The lowest BCUT2D eigenvalue weighted by molar-refractivity contribution is 0.265. The molecule has 43 heavy (non-hydrogen) atoms. The molecule has 0 aromatic heterocycles. The van der Waals surface area contributed by atoms with Gasteiger partial charge in [-0.2, -0.15) is 0 Å². The maximum atomic E-state index is 2.48. The highest BCUT2D eigenvalue weighted by Crippen LogP contribution is 2.65. The van der Waals surface area contributed by atoms with E-state index in [2.05, 4.69) is 157 Å². The molecule has 3 aliphatic rings. The highest BCUT2D eigenvalue weighted by molar-refractivity contribution is 5.91. The van der Waals surface area contributed by atoms with Crippen LogP contribution in [0.3, 0.4) is 0 Å². The van der Waals surface area contributed by atoms with E-state index in [1.54, 1.807) is 0 Å². The van der Waals surface area contributed by atoms with Crippen molar-refractivity contribution in [1.82, 2.24) is 0 Å². The van der Waals surface area contributed by atoms with Crippen LogP contribution < -0.4 is 4.90 Å². The van der Waals surface area contributed by atoms with Gasteiger partial charge in [0, 0.05) is 22.2 Å². The standard InChI is InChI=1S/C42H33N/c1-3-14-30(15-4-1)43(31-16-5-2-6-17-31)39-25-13-21-35-34-20-9-12-24-38(34)42(40(35)39)28-26-41(27-29-42)36-22-10-7-18-32(36)33-19-8-11-23-37(33)41/h1-25H,26-29H2. The summed E-state index contributed by atoms with van der Waals surface area (Å²) in [5.74, 6) is 0. The summed E-state index contributed by atoms with van der Waals surface area (Å²) in [5.41, 5.74) is 15.5. The molecule has 0 N–H and O–H groups in total. The van der Waals surface area contributed by atoms with Gasteiger partial charge < -0.3 is 4.90 Å². The van der Waals surface area contributed by atoms with Gasteiger partial charge in [-0.15, -0.1) is 0 Å². The largest absolute Gasteiger partial charge is 0.310 e. The van der Waals surface area contributed by atoms with Crippen LogP contribution >= 0.6 is 0 Å². The zero-order valence-electron chi connectivity index (χ0n) is 24.2. The summed E-state index contributed by atoms with van der Waals surface area (Å²) in [6.45, 7) is 0. The van der Waals surface area contributed by atoms with Crippen molar-refractivity contribution in [3.8, 4) is 22.3 Å². The fraction of sp³-hybridized carbons (Fsp3) is 0.143. The van der Waals surface area contributed by atoms with Crippen LogP contribution in [0.1, 0.15) is 47.9 Å². The normalized spacial score (nSPS) is 16.4. The Labute approximate surface area is 254 Å². The molecule has 6 aromatic carbocycles. The molecule has 1 heteroatoms. The zero-order valence-corrected chi connectivity index (χ0v) is 24.2. The quantitative estimate of drug-likeness (QED) is 0.211. The van der Waals surface area contributed by atoms with E-state index in [4.69, 9.17) is 0 Å². The Balaban J connectivity index is 1.24. The topological polar surface area (TPSA) is 3.24 Å². The van der Waals surface area contributed by atoms with Gasteiger partial charge in [0.15, 0.2) is 0 Å². The van der Waals surface area contributed by atoms with Crippen molar-refractivity contribution in [2.45, 2.75) is 36.5 Å². The number of rotatable bonds is 3. The van der Waals surface area contributed by atoms with Crippen LogP contribution in [0.15, 0.2) is 152 Å². The van der Waals surface area contributed by atoms with Crippen molar-refractivity contribution in [1.29, 1.82) is 0 Å². The maximum absolute atomic E-state index is 2.48. The van der Waals surface area contributed by atoms with Gasteiger partial charge in [0.2, 0.25) is 0 Å². The molecule has 0 amide bonds. The Hall–Kier alpha value is -4.88. The average Bonchev–Trinajstić information content (AvgIpc) is 3.52. The van der Waals surface area contributed by atoms with Crippen molar-refractivity contribution in [2.24, 2.45) is 0 Å². The molecule has 0 heterocycles. The molecule has 9 rings (SSSR count). The second-order valence-electron chi connectivity index (χ2n) is 12.5. The third kappa shape index (κ3) is 3.40. The molecular weight excluding hydrogens is 518 g/mol. The monoisotopic (exact) mass is 551 g/mol. The molecule has 1 saturated carbocycles. The van der Waals surface area contributed by atoms with Crippen molar-refractivity contribution in [3.05, 3.63) is 174 Å². The molecule has 206 valence electrons. The maximum Gasteiger partial charge on any atom is 0.0508 e. The number of nitrogens with zero attached hydrogens (tertiary/aromatic N) is 1. The Bertz CT molecular complexity index is 1890. The zero-order chi connectivity index (χ0) is 28.4. The second-order valence-corrected chi connectivity index (χ2v) is 12.5. The van der Waals surface area contributed by atoms with Gasteiger partial charge in [0.1, 0.15) is 0 Å². The van der Waals surface area contributed by atoms with Gasteiger partial charge in [-0.3, -0.25) is 0 Å².